The van der Waals surface area contributed by atoms with Crippen molar-refractivity contribution in [2.24, 2.45) is 5.92 Å². The maximum absolute atomic E-state index is 13.1. The Balaban J connectivity index is 2.12. The molecule has 1 heterocycles. The third-order valence-corrected chi connectivity index (χ3v) is 4.30. The fourth-order valence-electron chi connectivity index (χ4n) is 2.86. The summed E-state index contributed by atoms with van der Waals surface area (Å²) < 4.78 is 13.1. The van der Waals surface area contributed by atoms with E-state index in [2.05, 4.69) is 24.5 Å². The Bertz CT molecular complexity index is 478. The average Bonchev–Trinajstić information content (AvgIpc) is 2.46. The van der Waals surface area contributed by atoms with Gasteiger partial charge >= 0.3 is 0 Å². The third kappa shape index (κ3) is 3.82. The summed E-state index contributed by atoms with van der Waals surface area (Å²) in [5, 5.41) is 6.47. The van der Waals surface area contributed by atoms with E-state index in [1.54, 1.807) is 12.1 Å². The maximum atomic E-state index is 13.1. The Labute approximate surface area is 126 Å². The van der Waals surface area contributed by atoms with Gasteiger partial charge in [-0.3, -0.25) is 4.79 Å². The molecule has 2 N–H and O–H groups in total. The lowest BCUT2D eigenvalue weighted by molar-refractivity contribution is -0.129. The zero-order chi connectivity index (χ0) is 15.5. The van der Waals surface area contributed by atoms with Crippen LogP contribution in [0.4, 0.5) is 4.39 Å². The van der Waals surface area contributed by atoms with Crippen molar-refractivity contribution < 1.29 is 9.18 Å². The first-order valence-electron chi connectivity index (χ1n) is 7.74. The topological polar surface area (TPSA) is 41.1 Å². The van der Waals surface area contributed by atoms with Gasteiger partial charge in [-0.05, 0) is 56.3 Å². The van der Waals surface area contributed by atoms with Crippen molar-refractivity contribution in [3.8, 4) is 0 Å². The molecule has 1 aromatic carbocycles. The summed E-state index contributed by atoms with van der Waals surface area (Å²) in [4.78, 5) is 12.6. The van der Waals surface area contributed by atoms with Gasteiger partial charge in [0.1, 0.15) is 5.82 Å². The summed E-state index contributed by atoms with van der Waals surface area (Å²) in [5.41, 5.74) is 0.449. The van der Waals surface area contributed by atoms with Gasteiger partial charge in [-0.2, -0.15) is 0 Å². The number of rotatable bonds is 4. The highest BCUT2D eigenvalue weighted by molar-refractivity contribution is 5.86. The Morgan fingerprint density at radius 3 is 2.48 bits per heavy atom. The summed E-state index contributed by atoms with van der Waals surface area (Å²) in [5.74, 6) is 0.0188. The van der Waals surface area contributed by atoms with Crippen molar-refractivity contribution in [2.45, 2.75) is 51.6 Å². The molecule has 116 valence electrons. The summed E-state index contributed by atoms with van der Waals surface area (Å²) in [6.07, 6.45) is 3.04. The molecule has 0 aromatic heterocycles. The number of benzene rings is 1. The highest BCUT2D eigenvalue weighted by atomic mass is 19.1. The van der Waals surface area contributed by atoms with Crippen molar-refractivity contribution in [1.29, 1.82) is 0 Å². The molecule has 21 heavy (non-hydrogen) atoms. The largest absolute Gasteiger partial charge is 0.347 e. The number of nitrogens with one attached hydrogen (secondary N) is 2. The van der Waals surface area contributed by atoms with Crippen LogP contribution in [-0.4, -0.2) is 18.0 Å². The standard InChI is InChI=1S/C17H25FN2O/c1-12(2)15(13-6-8-14(18)9-7-13)20-16(21)17(3)10-4-5-11-19-17/h6-9,12,15,19H,4-5,10-11H2,1-3H3,(H,20,21). The SMILES string of the molecule is CC(C)C(NC(=O)C1(C)CCCCN1)c1ccc(F)cc1. The molecular weight excluding hydrogens is 267 g/mol. The first kappa shape index (κ1) is 16.0. The van der Waals surface area contributed by atoms with Gasteiger partial charge in [-0.15, -0.1) is 0 Å². The molecule has 1 aromatic rings. The number of carbonyl (C=O) groups excluding carboxylic acids is 1. The smallest absolute Gasteiger partial charge is 0.240 e. The van der Waals surface area contributed by atoms with Crippen molar-refractivity contribution >= 4 is 5.91 Å². The predicted molar refractivity (Wildman–Crippen MR) is 82.4 cm³/mol. The van der Waals surface area contributed by atoms with E-state index in [0.29, 0.717) is 0 Å². The molecule has 0 spiro atoms. The minimum Gasteiger partial charge on any atom is -0.347 e. The molecule has 3 nitrogen and oxygen atoms in total. The molecule has 1 aliphatic heterocycles. The van der Waals surface area contributed by atoms with Crippen LogP contribution in [0.1, 0.15) is 51.6 Å². The Morgan fingerprint density at radius 1 is 1.29 bits per heavy atom. The monoisotopic (exact) mass is 292 g/mol. The zero-order valence-corrected chi connectivity index (χ0v) is 13.1. The fraction of sp³-hybridized carbons (Fsp3) is 0.588. The molecule has 2 atom stereocenters. The highest BCUT2D eigenvalue weighted by Gasteiger charge is 2.35. The van der Waals surface area contributed by atoms with Crippen LogP contribution in [0.2, 0.25) is 0 Å². The molecule has 1 fully saturated rings. The van der Waals surface area contributed by atoms with Crippen molar-refractivity contribution in [3.63, 3.8) is 0 Å². The minimum absolute atomic E-state index is 0.0326. The Hall–Kier alpha value is -1.42. The lowest BCUT2D eigenvalue weighted by atomic mass is 9.88. The van der Waals surface area contributed by atoms with E-state index in [0.717, 1.165) is 31.4 Å². The summed E-state index contributed by atoms with van der Waals surface area (Å²) >= 11 is 0. The number of piperidine rings is 1. The van der Waals surface area contributed by atoms with Crippen LogP contribution in [-0.2, 0) is 4.79 Å². The second-order valence-corrected chi connectivity index (χ2v) is 6.46. The van der Waals surface area contributed by atoms with E-state index in [-0.39, 0.29) is 23.7 Å². The van der Waals surface area contributed by atoms with E-state index in [9.17, 15) is 9.18 Å². The second-order valence-electron chi connectivity index (χ2n) is 6.46. The van der Waals surface area contributed by atoms with Crippen LogP contribution in [0.3, 0.4) is 0 Å². The van der Waals surface area contributed by atoms with E-state index >= 15 is 0 Å². The second kappa shape index (κ2) is 6.56. The van der Waals surface area contributed by atoms with Crippen LogP contribution >= 0.6 is 0 Å². The van der Waals surface area contributed by atoms with Crippen LogP contribution < -0.4 is 10.6 Å². The van der Waals surface area contributed by atoms with Crippen LogP contribution in [0.25, 0.3) is 0 Å². The Morgan fingerprint density at radius 2 is 1.95 bits per heavy atom. The van der Waals surface area contributed by atoms with Gasteiger partial charge in [-0.25, -0.2) is 4.39 Å². The number of hydrogen-bond acceptors (Lipinski definition) is 2. The molecule has 0 radical (unpaired) electrons. The number of amides is 1. The molecule has 2 unspecified atom stereocenters. The molecule has 0 bridgehead atoms. The van der Waals surface area contributed by atoms with Gasteiger partial charge in [0.15, 0.2) is 0 Å². The molecule has 1 amide bonds. The number of halogens is 1. The van der Waals surface area contributed by atoms with Gasteiger partial charge in [-0.1, -0.05) is 26.0 Å². The maximum Gasteiger partial charge on any atom is 0.240 e. The lowest BCUT2D eigenvalue weighted by Gasteiger charge is -2.35. The van der Waals surface area contributed by atoms with Gasteiger partial charge in [0.25, 0.3) is 0 Å². The van der Waals surface area contributed by atoms with E-state index in [1.165, 1.54) is 12.1 Å². The van der Waals surface area contributed by atoms with E-state index in [4.69, 9.17) is 0 Å². The average molecular weight is 292 g/mol. The van der Waals surface area contributed by atoms with Crippen LogP contribution in [0.5, 0.6) is 0 Å². The predicted octanol–water partition coefficient (Wildman–Crippen LogP) is 3.17. The number of carbonyl (C=O) groups is 1. The molecule has 1 saturated heterocycles. The first-order chi connectivity index (χ1) is 9.92. The van der Waals surface area contributed by atoms with E-state index in [1.807, 2.05) is 6.92 Å². The molecule has 2 rings (SSSR count). The summed E-state index contributed by atoms with van der Waals surface area (Å²) in [7, 11) is 0. The summed E-state index contributed by atoms with van der Waals surface area (Å²) in [6.45, 7) is 6.96. The Kier molecular flexibility index (Phi) is 4.99. The molecule has 0 saturated carbocycles. The zero-order valence-electron chi connectivity index (χ0n) is 13.1. The van der Waals surface area contributed by atoms with Crippen molar-refractivity contribution in [3.05, 3.63) is 35.6 Å². The molecule has 1 aliphatic rings. The fourth-order valence-corrected chi connectivity index (χ4v) is 2.86. The number of hydrogen-bond donors (Lipinski definition) is 2. The quantitative estimate of drug-likeness (QED) is 0.895. The van der Waals surface area contributed by atoms with Gasteiger partial charge in [0.05, 0.1) is 11.6 Å². The van der Waals surface area contributed by atoms with Crippen molar-refractivity contribution in [1.82, 2.24) is 10.6 Å². The molecular formula is C17H25FN2O. The molecule has 4 heteroatoms. The van der Waals surface area contributed by atoms with Gasteiger partial charge in [0, 0.05) is 0 Å². The molecule has 0 aliphatic carbocycles. The van der Waals surface area contributed by atoms with Gasteiger partial charge in [0.2, 0.25) is 5.91 Å². The lowest BCUT2D eigenvalue weighted by Crippen LogP contribution is -2.57. The summed E-state index contributed by atoms with van der Waals surface area (Å²) in [6, 6.07) is 6.28. The first-order valence-corrected chi connectivity index (χ1v) is 7.74. The van der Waals surface area contributed by atoms with Crippen LogP contribution in [0.15, 0.2) is 24.3 Å². The normalized spacial score (nSPS) is 23.9. The van der Waals surface area contributed by atoms with Gasteiger partial charge < -0.3 is 10.6 Å². The van der Waals surface area contributed by atoms with E-state index < -0.39 is 5.54 Å². The third-order valence-electron chi connectivity index (χ3n) is 4.30. The van der Waals surface area contributed by atoms with Crippen molar-refractivity contribution in [2.75, 3.05) is 6.54 Å². The minimum atomic E-state index is -0.495. The van der Waals surface area contributed by atoms with Crippen LogP contribution in [0, 0.1) is 11.7 Å². The highest BCUT2D eigenvalue weighted by Crippen LogP contribution is 2.25.